The van der Waals surface area contributed by atoms with E-state index in [-0.39, 0.29) is 0 Å². The van der Waals surface area contributed by atoms with Gasteiger partial charge in [-0.25, -0.2) is 9.97 Å². The zero-order valence-electron chi connectivity index (χ0n) is 10.2. The quantitative estimate of drug-likeness (QED) is 0.513. The van der Waals surface area contributed by atoms with Gasteiger partial charge in [0.2, 0.25) is 0 Å². The molecule has 1 aliphatic rings. The van der Waals surface area contributed by atoms with Crippen LogP contribution in [0.15, 0.2) is 11.2 Å². The van der Waals surface area contributed by atoms with Crippen LogP contribution in [0, 0.1) is 5.92 Å². The minimum atomic E-state index is 0.457. The maximum atomic E-state index is 5.97. The first-order valence-corrected chi connectivity index (χ1v) is 7.64. The molecule has 0 saturated heterocycles. The summed E-state index contributed by atoms with van der Waals surface area (Å²) < 4.78 is 0. The van der Waals surface area contributed by atoms with Gasteiger partial charge in [0, 0.05) is 12.1 Å². The van der Waals surface area contributed by atoms with Crippen LogP contribution < -0.4 is 5.32 Å². The highest BCUT2D eigenvalue weighted by molar-refractivity contribution is 7.98. The maximum Gasteiger partial charge on any atom is 0.190 e. The minimum absolute atomic E-state index is 0.457. The van der Waals surface area contributed by atoms with Gasteiger partial charge in [-0.3, -0.25) is 0 Å². The summed E-state index contributed by atoms with van der Waals surface area (Å²) in [7, 11) is 0. The third-order valence-corrected chi connectivity index (χ3v) is 4.08. The molecular formula is C12H18ClN3S. The van der Waals surface area contributed by atoms with Gasteiger partial charge in [-0.05, 0) is 31.9 Å². The Bertz CT molecular complexity index is 380. The Balaban J connectivity index is 2.04. The summed E-state index contributed by atoms with van der Waals surface area (Å²) in [4.78, 5) is 8.55. The van der Waals surface area contributed by atoms with Crippen LogP contribution in [0.4, 0.5) is 5.82 Å². The Morgan fingerprint density at radius 2 is 2.12 bits per heavy atom. The van der Waals surface area contributed by atoms with Crippen molar-refractivity contribution >= 4 is 29.2 Å². The Labute approximate surface area is 112 Å². The van der Waals surface area contributed by atoms with E-state index in [1.165, 1.54) is 37.4 Å². The lowest BCUT2D eigenvalue weighted by Gasteiger charge is -2.21. The standard InChI is InChI=1S/C12H18ClN3S/c1-8(9-5-3-4-6-9)14-11-7-10(13)15-12(16-11)17-2/h7-9H,3-6H2,1-2H3,(H,14,15,16). The highest BCUT2D eigenvalue weighted by Gasteiger charge is 2.21. The largest absolute Gasteiger partial charge is 0.367 e. The maximum absolute atomic E-state index is 5.97. The summed E-state index contributed by atoms with van der Waals surface area (Å²) in [6, 6.07) is 2.25. The lowest BCUT2D eigenvalue weighted by atomic mass is 10.00. The van der Waals surface area contributed by atoms with E-state index in [1.807, 2.05) is 6.26 Å². The Morgan fingerprint density at radius 3 is 2.76 bits per heavy atom. The molecule has 1 N–H and O–H groups in total. The number of halogens is 1. The van der Waals surface area contributed by atoms with Crippen molar-refractivity contribution in [3.8, 4) is 0 Å². The van der Waals surface area contributed by atoms with Crippen LogP contribution in [0.25, 0.3) is 0 Å². The predicted molar refractivity (Wildman–Crippen MR) is 73.9 cm³/mol. The molecule has 0 spiro atoms. The lowest BCUT2D eigenvalue weighted by Crippen LogP contribution is -2.24. The van der Waals surface area contributed by atoms with Crippen LogP contribution in [0.1, 0.15) is 32.6 Å². The van der Waals surface area contributed by atoms with Gasteiger partial charge in [0.15, 0.2) is 5.16 Å². The van der Waals surface area contributed by atoms with Gasteiger partial charge < -0.3 is 5.32 Å². The molecule has 0 amide bonds. The average molecular weight is 272 g/mol. The molecule has 0 aliphatic heterocycles. The van der Waals surface area contributed by atoms with Gasteiger partial charge in [0.1, 0.15) is 11.0 Å². The first-order valence-electron chi connectivity index (χ1n) is 6.04. The molecule has 1 fully saturated rings. The second-order valence-corrected chi connectivity index (χ2v) is 5.70. The van der Waals surface area contributed by atoms with Crippen LogP contribution in [0.2, 0.25) is 5.15 Å². The van der Waals surface area contributed by atoms with Gasteiger partial charge in [0.25, 0.3) is 0 Å². The summed E-state index contributed by atoms with van der Waals surface area (Å²) in [5, 5.41) is 4.68. The first-order chi connectivity index (χ1) is 8.19. The molecule has 1 heterocycles. The van der Waals surface area contributed by atoms with E-state index in [2.05, 4.69) is 22.2 Å². The second kappa shape index (κ2) is 5.91. The van der Waals surface area contributed by atoms with E-state index < -0.39 is 0 Å². The van der Waals surface area contributed by atoms with E-state index in [0.29, 0.717) is 11.2 Å². The van der Waals surface area contributed by atoms with Crippen molar-refractivity contribution in [3.05, 3.63) is 11.2 Å². The molecule has 17 heavy (non-hydrogen) atoms. The van der Waals surface area contributed by atoms with E-state index >= 15 is 0 Å². The molecule has 0 bridgehead atoms. The molecule has 2 rings (SSSR count). The summed E-state index contributed by atoms with van der Waals surface area (Å²) in [5.41, 5.74) is 0. The van der Waals surface area contributed by atoms with Crippen molar-refractivity contribution in [2.24, 2.45) is 5.92 Å². The summed E-state index contributed by atoms with van der Waals surface area (Å²) in [6.45, 7) is 2.23. The summed E-state index contributed by atoms with van der Waals surface area (Å²) in [6.07, 6.45) is 7.31. The number of rotatable bonds is 4. The zero-order valence-corrected chi connectivity index (χ0v) is 11.8. The van der Waals surface area contributed by atoms with Crippen LogP contribution in [0.5, 0.6) is 0 Å². The number of hydrogen-bond acceptors (Lipinski definition) is 4. The van der Waals surface area contributed by atoms with Crippen LogP contribution in [-0.2, 0) is 0 Å². The molecule has 1 aromatic rings. The molecule has 94 valence electrons. The fourth-order valence-corrected chi connectivity index (χ4v) is 2.98. The SMILES string of the molecule is CSc1nc(Cl)cc(NC(C)C2CCCC2)n1. The fourth-order valence-electron chi connectivity index (χ4n) is 2.37. The number of thioether (sulfide) groups is 1. The highest BCUT2D eigenvalue weighted by Crippen LogP contribution is 2.29. The van der Waals surface area contributed by atoms with Crippen LogP contribution >= 0.6 is 23.4 Å². The Hall–Kier alpha value is -0.480. The van der Waals surface area contributed by atoms with E-state index in [9.17, 15) is 0 Å². The molecule has 0 radical (unpaired) electrons. The van der Waals surface area contributed by atoms with Crippen molar-refractivity contribution < 1.29 is 0 Å². The zero-order chi connectivity index (χ0) is 12.3. The van der Waals surface area contributed by atoms with Crippen molar-refractivity contribution in [2.45, 2.75) is 43.8 Å². The minimum Gasteiger partial charge on any atom is -0.367 e. The fraction of sp³-hybridized carbons (Fsp3) is 0.667. The first kappa shape index (κ1) is 13.0. The van der Waals surface area contributed by atoms with Gasteiger partial charge in [-0.15, -0.1) is 0 Å². The van der Waals surface area contributed by atoms with Gasteiger partial charge in [-0.2, -0.15) is 0 Å². The molecule has 1 saturated carbocycles. The van der Waals surface area contributed by atoms with Crippen molar-refractivity contribution in [3.63, 3.8) is 0 Å². The van der Waals surface area contributed by atoms with Gasteiger partial charge in [-0.1, -0.05) is 36.2 Å². The van der Waals surface area contributed by atoms with E-state index in [4.69, 9.17) is 11.6 Å². The highest BCUT2D eigenvalue weighted by atomic mass is 35.5. The Morgan fingerprint density at radius 1 is 1.41 bits per heavy atom. The number of nitrogens with zero attached hydrogens (tertiary/aromatic N) is 2. The normalized spacial score (nSPS) is 18.3. The lowest BCUT2D eigenvalue weighted by molar-refractivity contribution is 0.480. The predicted octanol–water partition coefficient (Wildman–Crippen LogP) is 3.84. The molecule has 1 unspecified atom stereocenters. The Kier molecular flexibility index (Phi) is 4.51. The van der Waals surface area contributed by atoms with Crippen molar-refractivity contribution in [1.82, 2.24) is 9.97 Å². The van der Waals surface area contributed by atoms with Crippen LogP contribution in [0.3, 0.4) is 0 Å². The molecule has 5 heteroatoms. The molecule has 1 aromatic heterocycles. The average Bonchev–Trinajstić information content (AvgIpc) is 2.81. The molecule has 0 aromatic carbocycles. The summed E-state index contributed by atoms with van der Waals surface area (Å²) in [5.74, 6) is 1.61. The molecule has 3 nitrogen and oxygen atoms in total. The summed E-state index contributed by atoms with van der Waals surface area (Å²) >= 11 is 7.48. The molecular weight excluding hydrogens is 254 g/mol. The third-order valence-electron chi connectivity index (χ3n) is 3.34. The van der Waals surface area contributed by atoms with Gasteiger partial charge in [0.05, 0.1) is 0 Å². The monoisotopic (exact) mass is 271 g/mol. The van der Waals surface area contributed by atoms with E-state index in [0.717, 1.165) is 16.9 Å². The topological polar surface area (TPSA) is 37.8 Å². The number of nitrogens with one attached hydrogen (secondary N) is 1. The second-order valence-electron chi connectivity index (χ2n) is 4.54. The van der Waals surface area contributed by atoms with Gasteiger partial charge >= 0.3 is 0 Å². The third kappa shape index (κ3) is 3.49. The van der Waals surface area contributed by atoms with Crippen molar-refractivity contribution in [2.75, 3.05) is 11.6 Å². The number of hydrogen-bond donors (Lipinski definition) is 1. The molecule has 1 aliphatic carbocycles. The number of aromatic nitrogens is 2. The number of anilines is 1. The smallest absolute Gasteiger partial charge is 0.190 e. The molecule has 1 atom stereocenters. The van der Waals surface area contributed by atoms with Crippen molar-refractivity contribution in [1.29, 1.82) is 0 Å². The van der Waals surface area contributed by atoms with E-state index in [1.54, 1.807) is 6.07 Å². The van der Waals surface area contributed by atoms with Crippen LogP contribution in [-0.4, -0.2) is 22.3 Å².